The maximum Gasteiger partial charge on any atom is 2.00 e. The third-order valence-corrected chi connectivity index (χ3v) is 16.2. The Morgan fingerprint density at radius 3 is 1.00 bits per heavy atom. The fourth-order valence-corrected chi connectivity index (χ4v) is 11.6. The molecule has 4 N–H and O–H groups in total. The van der Waals surface area contributed by atoms with Crippen molar-refractivity contribution in [3.05, 3.63) is 142 Å². The van der Waals surface area contributed by atoms with E-state index in [0.717, 1.165) is 111 Å². The van der Waals surface area contributed by atoms with Crippen molar-refractivity contribution in [3.8, 4) is 17.1 Å². The largest absolute Gasteiger partial charge is 2.00 e. The van der Waals surface area contributed by atoms with Crippen LogP contribution < -0.4 is 67.1 Å². The molecule has 402 valence electrons. The predicted octanol–water partition coefficient (Wildman–Crippen LogP) is 7.74. The van der Waals surface area contributed by atoms with E-state index in [1.165, 1.54) is 0 Å². The average molecular weight is 1360 g/mol. The van der Waals surface area contributed by atoms with Gasteiger partial charge in [0.15, 0.2) is 15.5 Å². The van der Waals surface area contributed by atoms with Crippen LogP contribution in [0.1, 0.15) is 51.8 Å². The molecule has 6 aromatic carbocycles. The fraction of sp³-hybridized carbons (Fsp3) is 0.264. The molecule has 0 aliphatic carbocycles. The van der Waals surface area contributed by atoms with E-state index in [0.29, 0.717) is 29.7 Å². The molecule has 0 unspecified atom stereocenters. The summed E-state index contributed by atoms with van der Waals surface area (Å²) >= 11 is 13.7. The summed E-state index contributed by atoms with van der Waals surface area (Å²) in [7, 11) is 0. The molecular weight excluding hydrogens is 1300 g/mol. The number of fused-ring (bicyclic) bond motifs is 3. The molecule has 0 atom stereocenters. The van der Waals surface area contributed by atoms with Gasteiger partial charge in [0, 0.05) is 42.3 Å². The standard InChI is InChI=1S/3C16H14BrN3O2S.C4H10N2.CH4.Ca.K.2H/c3*1-16(2,13(21)22)23-15-19-18-14(17)20(15)12-9-5-7-10-6-3-4-8-11(10)12;1-2-6-4-3-5-1;;;;;/h3*3-9H,1-2H3,(H,21,22);5-6H,1-4H2;1H4;;;;/q;;;;;+2;+1;2*-1/p-1. The molecule has 17 nitrogen and oxygen atoms in total. The van der Waals surface area contributed by atoms with Gasteiger partial charge in [0.1, 0.15) is 9.49 Å². The van der Waals surface area contributed by atoms with E-state index >= 15 is 0 Å². The van der Waals surface area contributed by atoms with Crippen LogP contribution in [-0.4, -0.2) is 151 Å². The van der Waals surface area contributed by atoms with Gasteiger partial charge >= 0.3 is 101 Å². The molecular formula is C53H57Br3CaKN11O6S3. The molecule has 0 amide bonds. The first kappa shape index (κ1) is 67.7. The van der Waals surface area contributed by atoms with Crippen LogP contribution in [0.5, 0.6) is 0 Å². The molecule has 1 fully saturated rings. The Hall–Kier alpha value is -2.76. The summed E-state index contributed by atoms with van der Waals surface area (Å²) in [5, 5.41) is 68.9. The van der Waals surface area contributed by atoms with Gasteiger partial charge in [-0.3, -0.25) is 23.3 Å². The summed E-state index contributed by atoms with van der Waals surface area (Å²) in [5.41, 5.74) is 2.70. The van der Waals surface area contributed by atoms with Crippen LogP contribution >= 0.6 is 83.1 Å². The monoisotopic (exact) mass is 1360 g/mol. The molecule has 3 aromatic heterocycles. The zero-order valence-electron chi connectivity index (χ0n) is 45.1. The number of benzene rings is 6. The predicted molar refractivity (Wildman–Crippen MR) is 320 cm³/mol. The molecule has 10 rings (SSSR count). The van der Waals surface area contributed by atoms with Crippen LogP contribution in [0.2, 0.25) is 0 Å². The first-order valence-electron chi connectivity index (χ1n) is 23.1. The van der Waals surface area contributed by atoms with E-state index in [-0.39, 0.29) is 99.4 Å². The number of carboxylic acid groups (broad SMARTS) is 3. The van der Waals surface area contributed by atoms with Gasteiger partial charge in [-0.1, -0.05) is 152 Å². The van der Waals surface area contributed by atoms with Crippen LogP contribution in [-0.2, 0) is 14.4 Å². The van der Waals surface area contributed by atoms with Crippen LogP contribution in [0, 0.1) is 0 Å². The zero-order valence-corrected chi connectivity index (χ0v) is 55.6. The Morgan fingerprint density at radius 2 is 0.744 bits per heavy atom. The molecule has 1 aliphatic heterocycles. The van der Waals surface area contributed by atoms with Gasteiger partial charge in [0.05, 0.1) is 27.8 Å². The second-order valence-corrected chi connectivity index (χ2v) is 24.9. The quantitative estimate of drug-likeness (QED) is 0.0677. The molecule has 0 radical (unpaired) electrons. The van der Waals surface area contributed by atoms with Gasteiger partial charge in [-0.15, -0.1) is 30.6 Å². The summed E-state index contributed by atoms with van der Waals surface area (Å²) in [6.07, 6.45) is 0. The van der Waals surface area contributed by atoms with Gasteiger partial charge in [-0.05, 0) is 124 Å². The number of rotatable bonds is 12. The van der Waals surface area contributed by atoms with E-state index < -0.39 is 32.1 Å². The van der Waals surface area contributed by atoms with Crippen LogP contribution in [0.4, 0.5) is 0 Å². The molecule has 25 heteroatoms. The number of thioether (sulfide) groups is 3. The number of nitrogens with zero attached hydrogens (tertiary/aromatic N) is 9. The maximum atomic E-state index is 11.4. The smallest absolute Gasteiger partial charge is 1.00 e. The third-order valence-electron chi connectivity index (χ3n) is 11.3. The number of hydrogen-bond acceptors (Lipinski definition) is 15. The van der Waals surface area contributed by atoms with Crippen molar-refractivity contribution >= 4 is 171 Å². The number of piperazine rings is 1. The first-order chi connectivity index (χ1) is 35.7. The normalized spacial score (nSPS) is 12.3. The minimum Gasteiger partial charge on any atom is -1.00 e. The van der Waals surface area contributed by atoms with E-state index in [9.17, 15) is 29.7 Å². The van der Waals surface area contributed by atoms with Crippen molar-refractivity contribution in [3.63, 3.8) is 0 Å². The Bertz CT molecular complexity index is 3140. The fourth-order valence-electron chi connectivity index (χ4n) is 7.19. The molecule has 78 heavy (non-hydrogen) atoms. The summed E-state index contributed by atoms with van der Waals surface area (Å²) in [6.45, 7) is 14.3. The minimum atomic E-state index is -1.15. The number of carbonyl (C=O) groups excluding carboxylic acids is 1. The molecule has 9 aromatic rings. The number of halogens is 3. The van der Waals surface area contributed by atoms with Gasteiger partial charge in [-0.2, -0.15) is 0 Å². The van der Waals surface area contributed by atoms with Crippen molar-refractivity contribution in [1.29, 1.82) is 0 Å². The SMILES string of the molecule is C.C1CNCCN1.CC(C)(Sc1nnc(Br)n1-c1cccc2ccccc12)C(=O)O.CC(C)(Sc1nnc(Br)n1-c1cccc2ccccc12)C(=O)O.CC(C)(Sc1nnc(Br)n1-c1cccc2ccccc12)C(=O)[O-].[Ca+2].[H-].[H-].[K+]. The number of hydrogen-bond donors (Lipinski definition) is 4. The summed E-state index contributed by atoms with van der Waals surface area (Å²) in [4.78, 5) is 34.1. The summed E-state index contributed by atoms with van der Waals surface area (Å²) < 4.78 is 3.94. The number of aromatic nitrogens is 9. The second kappa shape index (κ2) is 30.5. The van der Waals surface area contributed by atoms with Gasteiger partial charge in [-0.25, -0.2) is 0 Å². The molecule has 0 saturated carbocycles. The number of carbonyl (C=O) groups is 3. The van der Waals surface area contributed by atoms with Crippen LogP contribution in [0.3, 0.4) is 0 Å². The Labute approximate surface area is 565 Å². The van der Waals surface area contributed by atoms with Crippen molar-refractivity contribution in [2.45, 2.75) is 78.7 Å². The van der Waals surface area contributed by atoms with Crippen LogP contribution in [0.25, 0.3) is 49.4 Å². The Morgan fingerprint density at radius 1 is 0.487 bits per heavy atom. The summed E-state index contributed by atoms with van der Waals surface area (Å²) in [6, 6.07) is 41.8. The average Bonchev–Trinajstić information content (AvgIpc) is 4.07. The van der Waals surface area contributed by atoms with E-state index in [2.05, 4.69) is 89.0 Å². The second-order valence-electron chi connectivity index (χ2n) is 18.0. The van der Waals surface area contributed by atoms with Gasteiger partial charge in [0.2, 0.25) is 14.2 Å². The van der Waals surface area contributed by atoms with Gasteiger partial charge in [0.25, 0.3) is 0 Å². The van der Waals surface area contributed by atoms with Crippen molar-refractivity contribution in [1.82, 2.24) is 54.9 Å². The Kier molecular flexibility index (Phi) is 26.5. The van der Waals surface area contributed by atoms with E-state index in [1.54, 1.807) is 46.1 Å². The van der Waals surface area contributed by atoms with Crippen molar-refractivity contribution < 1.29 is 83.9 Å². The minimum absolute atomic E-state index is 0. The van der Waals surface area contributed by atoms with Crippen molar-refractivity contribution in [2.24, 2.45) is 0 Å². The zero-order chi connectivity index (χ0) is 54.1. The van der Waals surface area contributed by atoms with E-state index in [4.69, 9.17) is 0 Å². The first-order valence-corrected chi connectivity index (χ1v) is 28.0. The van der Waals surface area contributed by atoms with Crippen LogP contribution in [0.15, 0.2) is 157 Å². The topological polar surface area (TPSA) is 231 Å². The third kappa shape index (κ3) is 16.9. The van der Waals surface area contributed by atoms with Crippen molar-refractivity contribution in [2.75, 3.05) is 26.2 Å². The molecule has 1 aliphatic rings. The number of carboxylic acids is 3. The number of nitrogens with one attached hydrogen (secondary N) is 2. The van der Waals surface area contributed by atoms with E-state index in [1.807, 2.05) is 137 Å². The molecule has 1 saturated heterocycles. The summed E-state index contributed by atoms with van der Waals surface area (Å²) in [5.74, 6) is -2.94. The molecule has 0 spiro atoms. The number of aliphatic carboxylic acids is 3. The molecule has 0 bridgehead atoms. The Balaban J connectivity index is 0.000000377. The van der Waals surface area contributed by atoms with Gasteiger partial charge < -0.3 is 33.6 Å². The molecule has 4 heterocycles. The maximum absolute atomic E-state index is 11.4.